The van der Waals surface area contributed by atoms with E-state index in [-0.39, 0.29) is 6.04 Å². The standard InChI is InChI=1S/C24H32N4O3/c1-18-4-6-19(7-5-18)16-25-23(29)24(30)26-17-22(28-14-12-27(2)13-15-28)20-8-10-21(31-3)11-9-20/h4-11,22H,12-17H2,1-3H3,(H,25,29)(H,26,30)/t22-/m0/s1. The average Bonchev–Trinajstić information content (AvgIpc) is 2.80. The Hall–Kier alpha value is -2.90. The third-order valence-corrected chi connectivity index (χ3v) is 5.72. The summed E-state index contributed by atoms with van der Waals surface area (Å²) >= 11 is 0. The number of methoxy groups -OCH3 is 1. The highest BCUT2D eigenvalue weighted by Crippen LogP contribution is 2.24. The molecule has 1 aliphatic heterocycles. The van der Waals surface area contributed by atoms with Crippen molar-refractivity contribution in [3.8, 4) is 5.75 Å². The highest BCUT2D eigenvalue weighted by molar-refractivity contribution is 6.35. The van der Waals surface area contributed by atoms with Crippen LogP contribution in [-0.2, 0) is 16.1 Å². The SMILES string of the molecule is COc1ccc([C@H](CNC(=O)C(=O)NCc2ccc(C)cc2)N2CCN(C)CC2)cc1. The number of benzene rings is 2. The van der Waals surface area contributed by atoms with Gasteiger partial charge in [-0.1, -0.05) is 42.0 Å². The van der Waals surface area contributed by atoms with E-state index in [2.05, 4.69) is 27.5 Å². The molecule has 2 aromatic carbocycles. The second-order valence-electron chi connectivity index (χ2n) is 8.01. The van der Waals surface area contributed by atoms with Crippen LogP contribution in [0.1, 0.15) is 22.7 Å². The van der Waals surface area contributed by atoms with Gasteiger partial charge in [-0.15, -0.1) is 0 Å². The average molecular weight is 425 g/mol. The summed E-state index contributed by atoms with van der Waals surface area (Å²) in [6.45, 7) is 6.45. The first-order valence-electron chi connectivity index (χ1n) is 10.6. The number of aryl methyl sites for hydroxylation is 1. The van der Waals surface area contributed by atoms with Crippen molar-refractivity contribution >= 4 is 11.8 Å². The zero-order chi connectivity index (χ0) is 22.2. The quantitative estimate of drug-likeness (QED) is 0.663. The number of carbonyl (C=O) groups excluding carboxylic acids is 2. The fourth-order valence-corrected chi connectivity index (χ4v) is 3.66. The molecule has 1 heterocycles. The second-order valence-corrected chi connectivity index (χ2v) is 8.01. The topological polar surface area (TPSA) is 73.9 Å². The molecule has 0 bridgehead atoms. The number of nitrogens with one attached hydrogen (secondary N) is 2. The molecule has 7 heteroatoms. The molecule has 0 spiro atoms. The minimum Gasteiger partial charge on any atom is -0.497 e. The summed E-state index contributed by atoms with van der Waals surface area (Å²) < 4.78 is 5.27. The van der Waals surface area contributed by atoms with E-state index in [0.717, 1.165) is 48.6 Å². The van der Waals surface area contributed by atoms with Crippen molar-refractivity contribution in [1.29, 1.82) is 0 Å². The van der Waals surface area contributed by atoms with Crippen molar-refractivity contribution < 1.29 is 14.3 Å². The van der Waals surface area contributed by atoms with Crippen LogP contribution in [0.15, 0.2) is 48.5 Å². The highest BCUT2D eigenvalue weighted by atomic mass is 16.5. The van der Waals surface area contributed by atoms with Gasteiger partial charge in [0.1, 0.15) is 5.75 Å². The molecule has 3 rings (SSSR count). The summed E-state index contributed by atoms with van der Waals surface area (Å²) in [5, 5.41) is 5.52. The predicted molar refractivity (Wildman–Crippen MR) is 121 cm³/mol. The lowest BCUT2D eigenvalue weighted by Crippen LogP contribution is -2.49. The maximum absolute atomic E-state index is 12.4. The maximum Gasteiger partial charge on any atom is 0.309 e. The number of piperazine rings is 1. The van der Waals surface area contributed by atoms with Crippen LogP contribution in [0, 0.1) is 6.92 Å². The van der Waals surface area contributed by atoms with Gasteiger partial charge >= 0.3 is 11.8 Å². The molecule has 1 atom stereocenters. The molecule has 0 aliphatic carbocycles. The minimum absolute atomic E-state index is 0.00606. The van der Waals surface area contributed by atoms with Gasteiger partial charge in [0.25, 0.3) is 0 Å². The predicted octanol–water partition coefficient (Wildman–Crippen LogP) is 1.72. The lowest BCUT2D eigenvalue weighted by Gasteiger charge is -2.38. The van der Waals surface area contributed by atoms with E-state index >= 15 is 0 Å². The highest BCUT2D eigenvalue weighted by Gasteiger charge is 2.25. The summed E-state index contributed by atoms with van der Waals surface area (Å²) in [6, 6.07) is 15.7. The van der Waals surface area contributed by atoms with Gasteiger partial charge in [0, 0.05) is 39.3 Å². The summed E-state index contributed by atoms with van der Waals surface area (Å²) in [5.74, 6) is -0.437. The number of ether oxygens (including phenoxy) is 1. The zero-order valence-electron chi connectivity index (χ0n) is 18.6. The van der Waals surface area contributed by atoms with Gasteiger partial charge < -0.3 is 20.3 Å². The molecule has 0 saturated carbocycles. The number of nitrogens with zero attached hydrogens (tertiary/aromatic N) is 2. The Balaban J connectivity index is 1.59. The molecule has 1 fully saturated rings. The van der Waals surface area contributed by atoms with Crippen LogP contribution in [0.25, 0.3) is 0 Å². The number of amides is 2. The van der Waals surface area contributed by atoms with E-state index in [4.69, 9.17) is 4.74 Å². The first-order valence-corrected chi connectivity index (χ1v) is 10.6. The van der Waals surface area contributed by atoms with E-state index in [1.807, 2.05) is 55.5 Å². The van der Waals surface area contributed by atoms with Crippen molar-refractivity contribution in [3.63, 3.8) is 0 Å². The van der Waals surface area contributed by atoms with Gasteiger partial charge in [-0.25, -0.2) is 0 Å². The smallest absolute Gasteiger partial charge is 0.309 e. The molecule has 1 aliphatic rings. The lowest BCUT2D eigenvalue weighted by molar-refractivity contribution is -0.139. The van der Waals surface area contributed by atoms with E-state index in [0.29, 0.717) is 13.1 Å². The van der Waals surface area contributed by atoms with Gasteiger partial charge in [-0.3, -0.25) is 14.5 Å². The van der Waals surface area contributed by atoms with Crippen molar-refractivity contribution in [1.82, 2.24) is 20.4 Å². The molecule has 166 valence electrons. The summed E-state index contributed by atoms with van der Waals surface area (Å²) in [5.41, 5.74) is 3.20. The molecule has 0 aromatic heterocycles. The Bertz CT molecular complexity index is 859. The summed E-state index contributed by atoms with van der Waals surface area (Å²) in [4.78, 5) is 29.3. The van der Waals surface area contributed by atoms with E-state index in [1.54, 1.807) is 7.11 Å². The summed E-state index contributed by atoms with van der Waals surface area (Å²) in [7, 11) is 3.75. The minimum atomic E-state index is -0.618. The van der Waals surface area contributed by atoms with E-state index in [1.165, 1.54) is 0 Å². The van der Waals surface area contributed by atoms with Crippen LogP contribution in [0.2, 0.25) is 0 Å². The molecule has 1 saturated heterocycles. The summed E-state index contributed by atoms with van der Waals surface area (Å²) in [6.07, 6.45) is 0. The first kappa shape index (κ1) is 22.8. The third kappa shape index (κ3) is 6.54. The van der Waals surface area contributed by atoms with Crippen LogP contribution in [0.3, 0.4) is 0 Å². The van der Waals surface area contributed by atoms with Crippen LogP contribution in [-0.4, -0.2) is 68.5 Å². The Labute approximate surface area is 184 Å². The zero-order valence-corrected chi connectivity index (χ0v) is 18.6. The van der Waals surface area contributed by atoms with Crippen LogP contribution in [0.4, 0.5) is 0 Å². The Morgan fingerprint density at radius 2 is 1.55 bits per heavy atom. The maximum atomic E-state index is 12.4. The van der Waals surface area contributed by atoms with Gasteiger partial charge in [-0.2, -0.15) is 0 Å². The largest absolute Gasteiger partial charge is 0.497 e. The number of likely N-dealkylation sites (N-methyl/N-ethyl adjacent to an activating group) is 1. The molecule has 31 heavy (non-hydrogen) atoms. The van der Waals surface area contributed by atoms with Gasteiger partial charge in [-0.05, 0) is 37.2 Å². The number of hydrogen-bond donors (Lipinski definition) is 2. The lowest BCUT2D eigenvalue weighted by atomic mass is 10.0. The van der Waals surface area contributed by atoms with Crippen LogP contribution < -0.4 is 15.4 Å². The molecular formula is C24H32N4O3. The molecule has 0 unspecified atom stereocenters. The molecule has 0 radical (unpaired) electrons. The molecule has 7 nitrogen and oxygen atoms in total. The number of hydrogen-bond acceptors (Lipinski definition) is 5. The number of carbonyl (C=O) groups is 2. The monoisotopic (exact) mass is 424 g/mol. The van der Waals surface area contributed by atoms with Gasteiger partial charge in [0.2, 0.25) is 0 Å². The van der Waals surface area contributed by atoms with Gasteiger partial charge in [0.05, 0.1) is 13.2 Å². The fraction of sp³-hybridized carbons (Fsp3) is 0.417. The van der Waals surface area contributed by atoms with Crippen LogP contribution >= 0.6 is 0 Å². The molecule has 2 N–H and O–H groups in total. The Morgan fingerprint density at radius 3 is 2.16 bits per heavy atom. The van der Waals surface area contributed by atoms with Gasteiger partial charge in [0.15, 0.2) is 0 Å². The second kappa shape index (κ2) is 10.9. The van der Waals surface area contributed by atoms with Crippen molar-refractivity contribution in [3.05, 3.63) is 65.2 Å². The van der Waals surface area contributed by atoms with Crippen molar-refractivity contribution in [2.75, 3.05) is 46.9 Å². The molecule has 2 amide bonds. The fourth-order valence-electron chi connectivity index (χ4n) is 3.66. The molecular weight excluding hydrogens is 392 g/mol. The number of rotatable bonds is 7. The normalized spacial score (nSPS) is 15.8. The van der Waals surface area contributed by atoms with Crippen molar-refractivity contribution in [2.45, 2.75) is 19.5 Å². The third-order valence-electron chi connectivity index (χ3n) is 5.72. The van der Waals surface area contributed by atoms with Crippen molar-refractivity contribution in [2.24, 2.45) is 0 Å². The Morgan fingerprint density at radius 1 is 0.935 bits per heavy atom. The molecule has 2 aromatic rings. The van der Waals surface area contributed by atoms with E-state index in [9.17, 15) is 9.59 Å². The van der Waals surface area contributed by atoms with Crippen LogP contribution in [0.5, 0.6) is 5.75 Å². The van der Waals surface area contributed by atoms with E-state index < -0.39 is 11.8 Å². The first-order chi connectivity index (χ1) is 15.0. The Kier molecular flexibility index (Phi) is 8.03.